The van der Waals surface area contributed by atoms with Crippen LogP contribution in [-0.4, -0.2) is 24.2 Å². The molecule has 118 valence electrons. The molecule has 22 heavy (non-hydrogen) atoms. The molecule has 1 amide bonds. The zero-order valence-corrected chi connectivity index (χ0v) is 13.1. The first-order valence-corrected chi connectivity index (χ1v) is 7.55. The predicted molar refractivity (Wildman–Crippen MR) is 88.4 cm³/mol. The summed E-state index contributed by atoms with van der Waals surface area (Å²) in [5.41, 5.74) is 0.725. The summed E-state index contributed by atoms with van der Waals surface area (Å²) < 4.78 is 5.61. The van der Waals surface area contributed by atoms with E-state index in [4.69, 9.17) is 9.52 Å². The fraction of sp³-hybridized carbons (Fsp3) is 0.389. The molecule has 4 nitrogen and oxygen atoms in total. The Hall–Kier alpha value is -2.07. The summed E-state index contributed by atoms with van der Waals surface area (Å²) in [6, 6.07) is 9.64. The number of hydrogen-bond donors (Lipinski definition) is 2. The summed E-state index contributed by atoms with van der Waals surface area (Å²) in [5.74, 6) is 0.528. The molecule has 0 aliphatic heterocycles. The molecule has 2 aromatic rings. The lowest BCUT2D eigenvalue weighted by atomic mass is 9.89. The minimum atomic E-state index is -0.137. The van der Waals surface area contributed by atoms with Crippen molar-refractivity contribution in [1.82, 2.24) is 5.32 Å². The normalized spacial score (nSPS) is 12.1. The lowest BCUT2D eigenvalue weighted by Crippen LogP contribution is -2.24. The Kier molecular flexibility index (Phi) is 5.39. The number of nitrogens with one attached hydrogen (secondary N) is 1. The maximum absolute atomic E-state index is 11.7. The molecule has 0 unspecified atom stereocenters. The number of rotatable bonds is 7. The van der Waals surface area contributed by atoms with Gasteiger partial charge in [-0.15, -0.1) is 0 Å². The van der Waals surface area contributed by atoms with Crippen LogP contribution >= 0.6 is 0 Å². The van der Waals surface area contributed by atoms with Gasteiger partial charge in [0.1, 0.15) is 11.3 Å². The summed E-state index contributed by atoms with van der Waals surface area (Å²) >= 11 is 0. The molecule has 0 saturated carbocycles. The molecular weight excluding hydrogens is 278 g/mol. The monoisotopic (exact) mass is 301 g/mol. The van der Waals surface area contributed by atoms with Gasteiger partial charge in [-0.25, -0.2) is 0 Å². The molecule has 0 bridgehead atoms. The molecule has 0 radical (unpaired) electrons. The fourth-order valence-electron chi connectivity index (χ4n) is 2.16. The first kappa shape index (κ1) is 16.3. The lowest BCUT2D eigenvalue weighted by molar-refractivity contribution is -0.116. The van der Waals surface area contributed by atoms with Gasteiger partial charge in [-0.05, 0) is 36.5 Å². The number of carbonyl (C=O) groups excluding carboxylic acids is 1. The molecule has 1 aromatic heterocycles. The summed E-state index contributed by atoms with van der Waals surface area (Å²) in [6.07, 6.45) is 4.87. The smallest absolute Gasteiger partial charge is 0.244 e. The molecule has 0 spiro atoms. The predicted octanol–water partition coefficient (Wildman–Crippen LogP) is 3.36. The highest BCUT2D eigenvalue weighted by Gasteiger charge is 2.15. The SMILES string of the molecule is CC(C)(CO)CCCNC(=O)/C=C/c1cc2ccccc2o1. The van der Waals surface area contributed by atoms with Crippen molar-refractivity contribution in [3.8, 4) is 0 Å². The molecule has 2 N–H and O–H groups in total. The van der Waals surface area contributed by atoms with Crippen molar-refractivity contribution in [2.75, 3.05) is 13.2 Å². The van der Waals surface area contributed by atoms with Gasteiger partial charge in [0.2, 0.25) is 5.91 Å². The van der Waals surface area contributed by atoms with E-state index in [1.54, 1.807) is 6.08 Å². The highest BCUT2D eigenvalue weighted by Crippen LogP contribution is 2.21. The minimum Gasteiger partial charge on any atom is -0.457 e. The Morgan fingerprint density at radius 3 is 2.86 bits per heavy atom. The van der Waals surface area contributed by atoms with E-state index in [-0.39, 0.29) is 17.9 Å². The van der Waals surface area contributed by atoms with Gasteiger partial charge in [0.25, 0.3) is 0 Å². The van der Waals surface area contributed by atoms with E-state index < -0.39 is 0 Å². The standard InChI is InChI=1S/C18H23NO3/c1-18(2,13-20)10-5-11-19-17(21)9-8-15-12-14-6-3-4-7-16(14)22-15/h3-4,6-9,12,20H,5,10-11,13H2,1-2H3,(H,19,21)/b9-8+. The lowest BCUT2D eigenvalue weighted by Gasteiger charge is -2.20. The number of amides is 1. The second-order valence-electron chi connectivity index (χ2n) is 6.24. The topological polar surface area (TPSA) is 62.5 Å². The second kappa shape index (κ2) is 7.27. The van der Waals surface area contributed by atoms with E-state index in [0.29, 0.717) is 12.3 Å². The summed E-state index contributed by atoms with van der Waals surface area (Å²) in [6.45, 7) is 4.78. The van der Waals surface area contributed by atoms with E-state index in [0.717, 1.165) is 23.8 Å². The van der Waals surface area contributed by atoms with E-state index in [1.165, 1.54) is 6.08 Å². The van der Waals surface area contributed by atoms with Crippen LogP contribution in [0.25, 0.3) is 17.0 Å². The number of fused-ring (bicyclic) bond motifs is 1. The molecule has 0 fully saturated rings. The van der Waals surface area contributed by atoms with Crippen molar-refractivity contribution in [3.63, 3.8) is 0 Å². The van der Waals surface area contributed by atoms with Crippen LogP contribution in [0.2, 0.25) is 0 Å². The van der Waals surface area contributed by atoms with Gasteiger partial charge in [-0.2, -0.15) is 0 Å². The fourth-order valence-corrected chi connectivity index (χ4v) is 2.16. The largest absolute Gasteiger partial charge is 0.457 e. The molecule has 1 aromatic carbocycles. The quantitative estimate of drug-likeness (QED) is 0.609. The van der Waals surface area contributed by atoms with Gasteiger partial charge < -0.3 is 14.8 Å². The molecule has 0 aliphatic carbocycles. The second-order valence-corrected chi connectivity index (χ2v) is 6.24. The summed E-state index contributed by atoms with van der Waals surface area (Å²) in [5, 5.41) is 13.0. The van der Waals surface area contributed by atoms with Crippen molar-refractivity contribution >= 4 is 23.0 Å². The molecule has 0 saturated heterocycles. The zero-order chi connectivity index (χ0) is 16.0. The number of para-hydroxylation sites is 1. The van der Waals surface area contributed by atoms with Crippen LogP contribution in [0.4, 0.5) is 0 Å². The Morgan fingerprint density at radius 1 is 1.36 bits per heavy atom. The molecule has 1 heterocycles. The van der Waals surface area contributed by atoms with E-state index in [1.807, 2.05) is 44.2 Å². The molecule has 2 rings (SSSR count). The average Bonchev–Trinajstić information content (AvgIpc) is 2.92. The van der Waals surface area contributed by atoms with Crippen molar-refractivity contribution in [2.45, 2.75) is 26.7 Å². The van der Waals surface area contributed by atoms with Crippen molar-refractivity contribution in [3.05, 3.63) is 42.2 Å². The number of hydrogen-bond acceptors (Lipinski definition) is 3. The number of aliphatic hydroxyl groups excluding tert-OH is 1. The van der Waals surface area contributed by atoms with Crippen LogP contribution in [0.1, 0.15) is 32.4 Å². The van der Waals surface area contributed by atoms with Gasteiger partial charge in [0.05, 0.1) is 0 Å². The maximum atomic E-state index is 11.7. The molecule has 0 atom stereocenters. The number of benzene rings is 1. The molecule has 0 aliphatic rings. The third-order valence-corrected chi connectivity index (χ3v) is 3.60. The Balaban J connectivity index is 1.79. The number of furan rings is 1. The first-order valence-electron chi connectivity index (χ1n) is 7.55. The Morgan fingerprint density at radius 2 is 2.14 bits per heavy atom. The number of aliphatic hydroxyl groups is 1. The van der Waals surface area contributed by atoms with Crippen LogP contribution in [0.5, 0.6) is 0 Å². The van der Waals surface area contributed by atoms with Crippen LogP contribution in [0.3, 0.4) is 0 Å². The van der Waals surface area contributed by atoms with Gasteiger partial charge in [0.15, 0.2) is 0 Å². The first-order chi connectivity index (χ1) is 10.5. The summed E-state index contributed by atoms with van der Waals surface area (Å²) in [7, 11) is 0. The van der Waals surface area contributed by atoms with Crippen LogP contribution in [-0.2, 0) is 4.79 Å². The molecule has 4 heteroatoms. The van der Waals surface area contributed by atoms with Crippen molar-refractivity contribution in [2.24, 2.45) is 5.41 Å². The van der Waals surface area contributed by atoms with E-state index in [9.17, 15) is 4.79 Å². The Bertz CT molecular complexity index is 622. The Labute approximate surface area is 130 Å². The molecular formula is C18H23NO3. The average molecular weight is 301 g/mol. The maximum Gasteiger partial charge on any atom is 0.244 e. The van der Waals surface area contributed by atoms with Gasteiger partial charge in [-0.3, -0.25) is 4.79 Å². The van der Waals surface area contributed by atoms with Crippen molar-refractivity contribution < 1.29 is 14.3 Å². The van der Waals surface area contributed by atoms with Crippen molar-refractivity contribution in [1.29, 1.82) is 0 Å². The van der Waals surface area contributed by atoms with Crippen LogP contribution < -0.4 is 5.32 Å². The highest BCUT2D eigenvalue weighted by atomic mass is 16.3. The minimum absolute atomic E-state index is 0.0884. The van der Waals surface area contributed by atoms with Gasteiger partial charge in [-0.1, -0.05) is 32.0 Å². The third-order valence-electron chi connectivity index (χ3n) is 3.60. The van der Waals surface area contributed by atoms with Gasteiger partial charge in [0, 0.05) is 24.6 Å². The zero-order valence-electron chi connectivity index (χ0n) is 13.1. The number of carbonyl (C=O) groups is 1. The summed E-state index contributed by atoms with van der Waals surface area (Å²) in [4.78, 5) is 11.7. The van der Waals surface area contributed by atoms with Crippen LogP contribution in [0, 0.1) is 5.41 Å². The highest BCUT2D eigenvalue weighted by molar-refractivity contribution is 5.92. The van der Waals surface area contributed by atoms with Crippen LogP contribution in [0.15, 0.2) is 40.8 Å². The third kappa shape index (κ3) is 4.74. The van der Waals surface area contributed by atoms with E-state index >= 15 is 0 Å². The van der Waals surface area contributed by atoms with E-state index in [2.05, 4.69) is 5.32 Å². The van der Waals surface area contributed by atoms with Gasteiger partial charge >= 0.3 is 0 Å².